The van der Waals surface area contributed by atoms with Crippen LogP contribution in [0.25, 0.3) is 0 Å². The van der Waals surface area contributed by atoms with Crippen LogP contribution in [0.3, 0.4) is 0 Å². The van der Waals surface area contributed by atoms with Crippen molar-refractivity contribution in [2.75, 3.05) is 0 Å². The Morgan fingerprint density at radius 3 is 2.56 bits per heavy atom. The molecule has 2 fully saturated rings. The quantitative estimate of drug-likeness (QED) is 0.606. The van der Waals surface area contributed by atoms with E-state index < -0.39 is 0 Å². The van der Waals surface area contributed by atoms with Crippen molar-refractivity contribution >= 4 is 5.69 Å². The number of rotatable bonds is 3. The average molecular weight is 247 g/mol. The minimum absolute atomic E-state index is 0.118. The summed E-state index contributed by atoms with van der Waals surface area (Å²) in [5, 5.41) is 10.6. The van der Waals surface area contributed by atoms with Gasteiger partial charge in [0.2, 0.25) is 0 Å². The SMILES string of the molecule is O=[N+]([O-])c1ccc(O[C@@H]2CC[C@@H]3CC[C@@H]2C3)cc1. The van der Waals surface area contributed by atoms with E-state index >= 15 is 0 Å². The average Bonchev–Trinajstić information content (AvgIpc) is 2.76. The third kappa shape index (κ3) is 2.19. The highest BCUT2D eigenvalue weighted by molar-refractivity contribution is 5.36. The lowest BCUT2D eigenvalue weighted by atomic mass is 9.87. The maximum absolute atomic E-state index is 10.6. The number of nitrogens with zero attached hydrogens (tertiary/aromatic N) is 1. The second kappa shape index (κ2) is 4.59. The van der Waals surface area contributed by atoms with Gasteiger partial charge in [0.1, 0.15) is 11.9 Å². The van der Waals surface area contributed by atoms with Crippen LogP contribution in [0.1, 0.15) is 32.1 Å². The first-order valence-electron chi connectivity index (χ1n) is 6.63. The zero-order chi connectivity index (χ0) is 12.5. The molecule has 2 saturated carbocycles. The van der Waals surface area contributed by atoms with Crippen molar-refractivity contribution in [2.45, 2.75) is 38.2 Å². The second-order valence-electron chi connectivity index (χ2n) is 5.42. The van der Waals surface area contributed by atoms with Gasteiger partial charge in [-0.2, -0.15) is 0 Å². The van der Waals surface area contributed by atoms with Gasteiger partial charge < -0.3 is 4.74 Å². The van der Waals surface area contributed by atoms with Gasteiger partial charge in [-0.05, 0) is 49.7 Å². The molecule has 0 heterocycles. The minimum Gasteiger partial charge on any atom is -0.490 e. The first-order valence-corrected chi connectivity index (χ1v) is 6.63. The zero-order valence-corrected chi connectivity index (χ0v) is 10.2. The molecular formula is C14H17NO3. The van der Waals surface area contributed by atoms with Gasteiger partial charge in [-0.15, -0.1) is 0 Å². The van der Waals surface area contributed by atoms with Gasteiger partial charge in [0, 0.05) is 12.1 Å². The third-order valence-electron chi connectivity index (χ3n) is 4.30. The van der Waals surface area contributed by atoms with E-state index in [0.29, 0.717) is 12.0 Å². The lowest BCUT2D eigenvalue weighted by Gasteiger charge is -2.29. The van der Waals surface area contributed by atoms with E-state index in [9.17, 15) is 10.1 Å². The second-order valence-corrected chi connectivity index (χ2v) is 5.42. The van der Waals surface area contributed by atoms with E-state index in [2.05, 4.69) is 0 Å². The van der Waals surface area contributed by atoms with Crippen LogP contribution in [-0.4, -0.2) is 11.0 Å². The lowest BCUT2D eigenvalue weighted by molar-refractivity contribution is -0.384. The predicted molar refractivity (Wildman–Crippen MR) is 67.6 cm³/mol. The number of ether oxygens (including phenoxy) is 1. The molecule has 0 saturated heterocycles. The van der Waals surface area contributed by atoms with Gasteiger partial charge in [0.25, 0.3) is 5.69 Å². The summed E-state index contributed by atoms with van der Waals surface area (Å²) in [5.74, 6) is 2.38. The number of non-ortho nitro benzene ring substituents is 1. The molecule has 0 aromatic heterocycles. The molecule has 0 unspecified atom stereocenters. The van der Waals surface area contributed by atoms with Crippen LogP contribution in [-0.2, 0) is 0 Å². The first kappa shape index (κ1) is 11.5. The highest BCUT2D eigenvalue weighted by atomic mass is 16.6. The summed E-state index contributed by atoms with van der Waals surface area (Å²) >= 11 is 0. The van der Waals surface area contributed by atoms with Crippen molar-refractivity contribution in [2.24, 2.45) is 11.8 Å². The summed E-state index contributed by atoms with van der Waals surface area (Å²) in [4.78, 5) is 10.2. The van der Waals surface area contributed by atoms with Crippen molar-refractivity contribution in [1.29, 1.82) is 0 Å². The van der Waals surface area contributed by atoms with Crippen molar-refractivity contribution in [3.05, 3.63) is 34.4 Å². The van der Waals surface area contributed by atoms with Gasteiger partial charge in [-0.1, -0.05) is 6.42 Å². The highest BCUT2D eigenvalue weighted by Crippen LogP contribution is 2.43. The predicted octanol–water partition coefficient (Wildman–Crippen LogP) is 3.55. The molecule has 0 N–H and O–H groups in total. The third-order valence-corrected chi connectivity index (χ3v) is 4.30. The van der Waals surface area contributed by atoms with Crippen molar-refractivity contribution in [3.63, 3.8) is 0 Å². The molecule has 4 nitrogen and oxygen atoms in total. The minimum atomic E-state index is -0.383. The standard InChI is InChI=1S/C14H17NO3/c16-15(17)12-4-6-13(7-5-12)18-14-8-2-10-1-3-11(14)9-10/h4-7,10-11,14H,1-3,8-9H2/t10-,11+,14+/m0/s1. The normalized spacial score (nSPS) is 30.1. The summed E-state index contributed by atoms with van der Waals surface area (Å²) in [7, 11) is 0. The van der Waals surface area contributed by atoms with Crippen molar-refractivity contribution < 1.29 is 9.66 Å². The lowest BCUT2D eigenvalue weighted by Crippen LogP contribution is -2.28. The Kier molecular flexibility index (Phi) is 2.94. The monoisotopic (exact) mass is 247 g/mol. The zero-order valence-electron chi connectivity index (χ0n) is 10.2. The molecule has 3 rings (SSSR count). The Hall–Kier alpha value is -1.58. The summed E-state index contributed by atoms with van der Waals surface area (Å²) in [6.07, 6.45) is 6.65. The number of hydrogen-bond donors (Lipinski definition) is 0. The van der Waals surface area contributed by atoms with Gasteiger partial charge in [-0.25, -0.2) is 0 Å². The van der Waals surface area contributed by atoms with Crippen LogP contribution in [0.5, 0.6) is 5.75 Å². The maximum atomic E-state index is 10.6. The topological polar surface area (TPSA) is 52.4 Å². The Bertz CT molecular complexity index is 443. The Balaban J connectivity index is 1.67. The van der Waals surface area contributed by atoms with Gasteiger partial charge in [-0.3, -0.25) is 10.1 Å². The Morgan fingerprint density at radius 1 is 1.11 bits per heavy atom. The van der Waals surface area contributed by atoms with E-state index in [1.807, 2.05) is 0 Å². The van der Waals surface area contributed by atoms with Crippen LogP contribution in [0.15, 0.2) is 24.3 Å². The summed E-state index contributed by atoms with van der Waals surface area (Å²) in [5.41, 5.74) is 0.118. The summed E-state index contributed by atoms with van der Waals surface area (Å²) in [6.45, 7) is 0. The number of nitro groups is 1. The molecule has 2 aliphatic rings. The summed E-state index contributed by atoms with van der Waals surface area (Å²) < 4.78 is 6.00. The summed E-state index contributed by atoms with van der Waals surface area (Å²) in [6, 6.07) is 6.43. The highest BCUT2D eigenvalue weighted by Gasteiger charge is 2.36. The Morgan fingerprint density at radius 2 is 1.83 bits per heavy atom. The fourth-order valence-electron chi connectivity index (χ4n) is 3.33. The Labute approximate surface area is 106 Å². The molecule has 0 radical (unpaired) electrons. The number of hydrogen-bond acceptors (Lipinski definition) is 3. The van der Waals surface area contributed by atoms with Crippen LogP contribution >= 0.6 is 0 Å². The first-order chi connectivity index (χ1) is 8.72. The van der Waals surface area contributed by atoms with E-state index in [1.165, 1.54) is 37.8 Å². The van der Waals surface area contributed by atoms with Crippen molar-refractivity contribution in [3.8, 4) is 5.75 Å². The van der Waals surface area contributed by atoms with E-state index in [-0.39, 0.29) is 10.6 Å². The molecule has 1 aromatic rings. The van der Waals surface area contributed by atoms with Crippen LogP contribution in [0, 0.1) is 22.0 Å². The number of benzene rings is 1. The van der Waals surface area contributed by atoms with Crippen LogP contribution in [0.2, 0.25) is 0 Å². The molecule has 1 aromatic carbocycles. The van der Waals surface area contributed by atoms with E-state index in [1.54, 1.807) is 12.1 Å². The fourth-order valence-corrected chi connectivity index (χ4v) is 3.33. The number of fused-ring (bicyclic) bond motifs is 2. The fraction of sp³-hybridized carbons (Fsp3) is 0.571. The van der Waals surface area contributed by atoms with Crippen LogP contribution < -0.4 is 4.74 Å². The van der Waals surface area contributed by atoms with Gasteiger partial charge in [0.05, 0.1) is 4.92 Å². The molecule has 2 aliphatic carbocycles. The van der Waals surface area contributed by atoms with Gasteiger partial charge in [0.15, 0.2) is 0 Å². The molecule has 18 heavy (non-hydrogen) atoms. The van der Waals surface area contributed by atoms with Gasteiger partial charge >= 0.3 is 0 Å². The van der Waals surface area contributed by atoms with E-state index in [4.69, 9.17) is 4.74 Å². The molecule has 2 bridgehead atoms. The smallest absolute Gasteiger partial charge is 0.269 e. The molecule has 4 heteroatoms. The molecular weight excluding hydrogens is 230 g/mol. The number of nitro benzene ring substituents is 1. The van der Waals surface area contributed by atoms with Crippen LogP contribution in [0.4, 0.5) is 5.69 Å². The molecule has 0 spiro atoms. The van der Waals surface area contributed by atoms with Crippen molar-refractivity contribution in [1.82, 2.24) is 0 Å². The van der Waals surface area contributed by atoms with E-state index in [0.717, 1.165) is 18.1 Å². The molecule has 96 valence electrons. The molecule has 0 amide bonds. The largest absolute Gasteiger partial charge is 0.490 e. The molecule has 0 aliphatic heterocycles. The maximum Gasteiger partial charge on any atom is 0.269 e. The molecule has 3 atom stereocenters.